The summed E-state index contributed by atoms with van der Waals surface area (Å²) in [5.74, 6) is 0.862. The Bertz CT molecular complexity index is 1150. The number of rotatable bonds is 7. The Morgan fingerprint density at radius 3 is 2.88 bits per heavy atom. The van der Waals surface area contributed by atoms with Gasteiger partial charge in [-0.2, -0.15) is 0 Å². The molecule has 0 spiro atoms. The molecule has 2 aliphatic heterocycles. The van der Waals surface area contributed by atoms with Gasteiger partial charge in [-0.05, 0) is 67.2 Å². The second-order valence-corrected chi connectivity index (χ2v) is 8.72. The molecule has 2 aromatic heterocycles. The van der Waals surface area contributed by atoms with Crippen LogP contribution in [0.3, 0.4) is 0 Å². The summed E-state index contributed by atoms with van der Waals surface area (Å²) in [4.78, 5) is 23.0. The SMILES string of the molecule is CN1CC=CC=C1C(=O)N(CCN1CCCC1)Cc1cc(-c2ccc3[nH]ccc3c2)co1. The molecule has 4 heterocycles. The van der Waals surface area contributed by atoms with Crippen LogP contribution in [0.25, 0.3) is 22.0 Å². The van der Waals surface area contributed by atoms with Gasteiger partial charge in [-0.3, -0.25) is 4.79 Å². The van der Waals surface area contributed by atoms with Gasteiger partial charge in [0, 0.05) is 44.0 Å². The van der Waals surface area contributed by atoms with E-state index in [9.17, 15) is 4.79 Å². The molecule has 6 heteroatoms. The highest BCUT2D eigenvalue weighted by Crippen LogP contribution is 2.27. The second-order valence-electron chi connectivity index (χ2n) is 8.72. The van der Waals surface area contributed by atoms with Crippen LogP contribution in [0.5, 0.6) is 0 Å². The van der Waals surface area contributed by atoms with Crippen molar-refractivity contribution < 1.29 is 9.21 Å². The van der Waals surface area contributed by atoms with E-state index in [0.29, 0.717) is 13.1 Å². The molecule has 0 bridgehead atoms. The van der Waals surface area contributed by atoms with Crippen LogP contribution in [0.4, 0.5) is 0 Å². The van der Waals surface area contributed by atoms with Gasteiger partial charge in [0.1, 0.15) is 11.5 Å². The van der Waals surface area contributed by atoms with Crippen molar-refractivity contribution in [3.05, 3.63) is 72.5 Å². The minimum atomic E-state index is 0.0581. The number of nitrogens with zero attached hydrogens (tertiary/aromatic N) is 3. The van der Waals surface area contributed by atoms with Crippen LogP contribution in [0.1, 0.15) is 18.6 Å². The molecule has 0 radical (unpaired) electrons. The molecule has 1 amide bonds. The van der Waals surface area contributed by atoms with Gasteiger partial charge in [0.05, 0.1) is 12.8 Å². The van der Waals surface area contributed by atoms with Crippen molar-refractivity contribution >= 4 is 16.8 Å². The van der Waals surface area contributed by atoms with Crippen LogP contribution in [0.15, 0.2) is 71.1 Å². The van der Waals surface area contributed by atoms with E-state index in [1.807, 2.05) is 35.2 Å². The van der Waals surface area contributed by atoms with Gasteiger partial charge < -0.3 is 24.1 Å². The molecule has 6 nitrogen and oxygen atoms in total. The number of allylic oxidation sites excluding steroid dienone is 2. The summed E-state index contributed by atoms with van der Waals surface area (Å²) in [7, 11) is 1.97. The van der Waals surface area contributed by atoms with Crippen molar-refractivity contribution in [3.63, 3.8) is 0 Å². The number of likely N-dealkylation sites (tertiary alicyclic amines) is 1. The minimum absolute atomic E-state index is 0.0581. The van der Waals surface area contributed by atoms with Crippen molar-refractivity contribution in [3.8, 4) is 11.1 Å². The van der Waals surface area contributed by atoms with Gasteiger partial charge in [-0.1, -0.05) is 18.2 Å². The predicted octanol–water partition coefficient (Wildman–Crippen LogP) is 4.24. The third-order valence-corrected chi connectivity index (χ3v) is 6.46. The average molecular weight is 431 g/mol. The number of aromatic amines is 1. The lowest BCUT2D eigenvalue weighted by Crippen LogP contribution is -2.41. The van der Waals surface area contributed by atoms with Crippen molar-refractivity contribution in [1.82, 2.24) is 19.7 Å². The molecule has 0 atom stereocenters. The summed E-state index contributed by atoms with van der Waals surface area (Å²) in [6, 6.07) is 10.5. The number of hydrogen-bond acceptors (Lipinski definition) is 4. The second kappa shape index (κ2) is 9.09. The van der Waals surface area contributed by atoms with E-state index >= 15 is 0 Å². The molecule has 0 unspecified atom stereocenters. The first-order valence-corrected chi connectivity index (χ1v) is 11.4. The van der Waals surface area contributed by atoms with E-state index in [4.69, 9.17) is 4.42 Å². The van der Waals surface area contributed by atoms with Gasteiger partial charge in [-0.25, -0.2) is 0 Å². The Morgan fingerprint density at radius 2 is 2.03 bits per heavy atom. The molecule has 1 saturated heterocycles. The van der Waals surface area contributed by atoms with Gasteiger partial charge in [0.25, 0.3) is 5.91 Å². The molecular formula is C26H30N4O2. The minimum Gasteiger partial charge on any atom is -0.467 e. The molecule has 1 aromatic carbocycles. The molecule has 3 aromatic rings. The first-order valence-electron chi connectivity index (χ1n) is 11.4. The van der Waals surface area contributed by atoms with E-state index in [-0.39, 0.29) is 5.91 Å². The Labute approximate surface area is 188 Å². The number of furan rings is 1. The van der Waals surface area contributed by atoms with E-state index < -0.39 is 0 Å². The van der Waals surface area contributed by atoms with Crippen LogP contribution in [0.2, 0.25) is 0 Å². The first-order chi connectivity index (χ1) is 15.7. The van der Waals surface area contributed by atoms with E-state index in [2.05, 4.69) is 46.3 Å². The zero-order valence-corrected chi connectivity index (χ0v) is 18.6. The highest BCUT2D eigenvalue weighted by molar-refractivity contribution is 5.93. The maximum absolute atomic E-state index is 13.4. The Hall–Kier alpha value is -3.25. The maximum Gasteiger partial charge on any atom is 0.270 e. The van der Waals surface area contributed by atoms with Crippen LogP contribution >= 0.6 is 0 Å². The fraction of sp³-hybridized carbons (Fsp3) is 0.346. The number of fused-ring (bicyclic) bond motifs is 1. The van der Waals surface area contributed by atoms with Gasteiger partial charge in [0.15, 0.2) is 0 Å². The number of carbonyl (C=O) groups is 1. The number of amides is 1. The molecular weight excluding hydrogens is 400 g/mol. The molecule has 32 heavy (non-hydrogen) atoms. The van der Waals surface area contributed by atoms with Crippen molar-refractivity contribution in [1.29, 1.82) is 0 Å². The summed E-state index contributed by atoms with van der Waals surface area (Å²) in [5, 5.41) is 1.17. The fourth-order valence-electron chi connectivity index (χ4n) is 4.56. The Balaban J connectivity index is 1.34. The molecule has 0 saturated carbocycles. The van der Waals surface area contributed by atoms with Crippen molar-refractivity contribution in [2.24, 2.45) is 0 Å². The average Bonchev–Trinajstić information content (AvgIpc) is 3.58. The summed E-state index contributed by atoms with van der Waals surface area (Å²) in [6.07, 6.45) is 12.2. The normalized spacial score (nSPS) is 16.7. The summed E-state index contributed by atoms with van der Waals surface area (Å²) in [5.41, 5.74) is 4.00. The third kappa shape index (κ3) is 4.36. The zero-order valence-electron chi connectivity index (χ0n) is 18.6. The molecule has 1 N–H and O–H groups in total. The largest absolute Gasteiger partial charge is 0.467 e. The molecule has 5 rings (SSSR count). The van der Waals surface area contributed by atoms with E-state index in [1.54, 1.807) is 6.26 Å². The number of hydrogen-bond donors (Lipinski definition) is 1. The van der Waals surface area contributed by atoms with E-state index in [1.165, 1.54) is 18.2 Å². The van der Waals surface area contributed by atoms with E-state index in [0.717, 1.165) is 54.3 Å². The van der Waals surface area contributed by atoms with Gasteiger partial charge >= 0.3 is 0 Å². The summed E-state index contributed by atoms with van der Waals surface area (Å²) < 4.78 is 5.92. The maximum atomic E-state index is 13.4. The summed E-state index contributed by atoms with van der Waals surface area (Å²) >= 11 is 0. The fourth-order valence-corrected chi connectivity index (χ4v) is 4.56. The van der Waals surface area contributed by atoms with Gasteiger partial charge in [0.2, 0.25) is 0 Å². The number of H-pyrrole nitrogens is 1. The standard InChI is InChI=1S/C26H30N4O2/c1-28-11-3-2-6-25(28)26(31)30(15-14-29-12-4-5-13-29)18-23-17-22(19-32-23)20-7-8-24-21(16-20)9-10-27-24/h2-3,6-10,16-17,19,27H,4-5,11-15,18H2,1H3. The monoisotopic (exact) mass is 430 g/mol. The number of carbonyl (C=O) groups excluding carboxylic acids is 1. The van der Waals surface area contributed by atoms with Crippen molar-refractivity contribution in [2.75, 3.05) is 39.8 Å². The Kier molecular flexibility index (Phi) is 5.86. The lowest BCUT2D eigenvalue weighted by molar-refractivity contribution is -0.129. The topological polar surface area (TPSA) is 55.7 Å². The lowest BCUT2D eigenvalue weighted by atomic mass is 10.1. The predicted molar refractivity (Wildman–Crippen MR) is 127 cm³/mol. The molecule has 1 fully saturated rings. The number of nitrogens with one attached hydrogen (secondary N) is 1. The van der Waals surface area contributed by atoms with Gasteiger partial charge in [-0.15, -0.1) is 0 Å². The molecule has 0 aliphatic carbocycles. The van der Waals surface area contributed by atoms with Crippen LogP contribution in [0, 0.1) is 0 Å². The highest BCUT2D eigenvalue weighted by atomic mass is 16.3. The van der Waals surface area contributed by atoms with Crippen LogP contribution < -0.4 is 0 Å². The number of benzene rings is 1. The zero-order chi connectivity index (χ0) is 21.9. The van der Waals surface area contributed by atoms with Crippen molar-refractivity contribution in [2.45, 2.75) is 19.4 Å². The third-order valence-electron chi connectivity index (χ3n) is 6.46. The lowest BCUT2D eigenvalue weighted by Gasteiger charge is -2.30. The van der Waals surface area contributed by atoms with Crippen LogP contribution in [-0.2, 0) is 11.3 Å². The highest BCUT2D eigenvalue weighted by Gasteiger charge is 2.24. The molecule has 166 valence electrons. The number of aromatic nitrogens is 1. The molecule has 2 aliphatic rings. The number of likely N-dealkylation sites (N-methyl/N-ethyl adjacent to an activating group) is 1. The smallest absolute Gasteiger partial charge is 0.270 e. The Morgan fingerprint density at radius 1 is 1.16 bits per heavy atom. The summed E-state index contributed by atoms with van der Waals surface area (Å²) in [6.45, 7) is 5.06. The van der Waals surface area contributed by atoms with Crippen LogP contribution in [-0.4, -0.2) is 65.4 Å². The quantitative estimate of drug-likeness (QED) is 0.609. The first kappa shape index (κ1) is 20.6.